The molecular weight excluding hydrogens is 224 g/mol. The van der Waals surface area contributed by atoms with E-state index in [9.17, 15) is 8.42 Å². The molecule has 0 radical (unpaired) electrons. The Morgan fingerprint density at radius 2 is 2.12 bits per heavy atom. The summed E-state index contributed by atoms with van der Waals surface area (Å²) in [5, 5.41) is 0. The van der Waals surface area contributed by atoms with E-state index >= 15 is 0 Å². The molecule has 2 rings (SSSR count). The van der Waals surface area contributed by atoms with Gasteiger partial charge in [0.05, 0.1) is 11.4 Å². The summed E-state index contributed by atoms with van der Waals surface area (Å²) >= 11 is 0. The first-order valence-electron chi connectivity index (χ1n) is 5.34. The maximum atomic E-state index is 12.1. The minimum atomic E-state index is -3.26. The Balaban J connectivity index is 2.32. The fraction of sp³-hybridized carbons (Fsp3) is 0.455. The highest BCUT2D eigenvalue weighted by atomic mass is 32.2. The third-order valence-electron chi connectivity index (χ3n) is 2.65. The number of benzene rings is 1. The van der Waals surface area contributed by atoms with Crippen LogP contribution in [0.25, 0.3) is 0 Å². The number of sulfonamides is 1. The van der Waals surface area contributed by atoms with Gasteiger partial charge < -0.3 is 5.73 Å². The molecule has 0 saturated carbocycles. The lowest BCUT2D eigenvalue weighted by atomic mass is 10.2. The van der Waals surface area contributed by atoms with Gasteiger partial charge in [-0.3, -0.25) is 4.31 Å². The molecule has 0 aliphatic carbocycles. The number of rotatable bonds is 3. The lowest BCUT2D eigenvalue weighted by molar-refractivity contribution is 0.586. The monoisotopic (exact) mass is 240 g/mol. The van der Waals surface area contributed by atoms with Crippen molar-refractivity contribution in [3.63, 3.8) is 0 Å². The zero-order chi connectivity index (χ0) is 11.8. The van der Waals surface area contributed by atoms with Crippen LogP contribution < -0.4 is 10.0 Å². The summed E-state index contributed by atoms with van der Waals surface area (Å²) in [6, 6.07) is 7.27. The topological polar surface area (TPSA) is 63.4 Å². The van der Waals surface area contributed by atoms with E-state index in [1.54, 1.807) is 6.92 Å². The summed E-state index contributed by atoms with van der Waals surface area (Å²) in [4.78, 5) is 0. The van der Waals surface area contributed by atoms with Crippen LogP contribution in [0.4, 0.5) is 5.69 Å². The van der Waals surface area contributed by atoms with Gasteiger partial charge in [-0.05, 0) is 25.0 Å². The largest absolute Gasteiger partial charge is 0.327 e. The standard InChI is InChI=1S/C11H16N2O2S/c1-9(12)8-16(14,15)13-7-6-10-4-2-3-5-11(10)13/h2-5,9H,6-8,12H2,1H3. The lowest BCUT2D eigenvalue weighted by Crippen LogP contribution is -2.37. The molecule has 1 unspecified atom stereocenters. The van der Waals surface area contributed by atoms with E-state index < -0.39 is 10.0 Å². The minimum absolute atomic E-state index is 0.00132. The molecule has 1 aliphatic heterocycles. The Morgan fingerprint density at radius 1 is 1.44 bits per heavy atom. The zero-order valence-electron chi connectivity index (χ0n) is 9.26. The fourth-order valence-corrected chi connectivity index (χ4v) is 3.71. The Hall–Kier alpha value is -1.07. The number of para-hydroxylation sites is 1. The fourth-order valence-electron chi connectivity index (χ4n) is 2.02. The summed E-state index contributed by atoms with van der Waals surface area (Å²) in [5.74, 6) is 0.00132. The number of nitrogens with zero attached hydrogens (tertiary/aromatic N) is 1. The van der Waals surface area contributed by atoms with Crippen LogP contribution in [0.3, 0.4) is 0 Å². The normalized spacial score (nSPS) is 17.2. The molecule has 1 aromatic rings. The molecule has 1 aliphatic rings. The average Bonchev–Trinajstić information content (AvgIpc) is 2.59. The van der Waals surface area contributed by atoms with Crippen LogP contribution in [0, 0.1) is 0 Å². The molecular formula is C11H16N2O2S. The lowest BCUT2D eigenvalue weighted by Gasteiger charge is -2.20. The van der Waals surface area contributed by atoms with Gasteiger partial charge in [0.1, 0.15) is 0 Å². The SMILES string of the molecule is CC(N)CS(=O)(=O)N1CCc2ccccc21. The van der Waals surface area contributed by atoms with Crippen LogP contribution >= 0.6 is 0 Å². The molecule has 0 amide bonds. The van der Waals surface area contributed by atoms with Crippen LogP contribution in [0.2, 0.25) is 0 Å². The Kier molecular flexibility index (Phi) is 2.90. The number of hydrogen-bond acceptors (Lipinski definition) is 3. The van der Waals surface area contributed by atoms with Crippen molar-refractivity contribution in [1.82, 2.24) is 0 Å². The molecule has 0 saturated heterocycles. The van der Waals surface area contributed by atoms with Crippen molar-refractivity contribution in [2.75, 3.05) is 16.6 Å². The quantitative estimate of drug-likeness (QED) is 0.847. The first-order valence-corrected chi connectivity index (χ1v) is 6.95. The zero-order valence-corrected chi connectivity index (χ0v) is 10.1. The molecule has 0 spiro atoms. The van der Waals surface area contributed by atoms with Gasteiger partial charge in [-0.15, -0.1) is 0 Å². The van der Waals surface area contributed by atoms with Crippen molar-refractivity contribution >= 4 is 15.7 Å². The van der Waals surface area contributed by atoms with E-state index in [1.807, 2.05) is 24.3 Å². The van der Waals surface area contributed by atoms with Gasteiger partial charge in [0.2, 0.25) is 10.0 Å². The summed E-state index contributed by atoms with van der Waals surface area (Å²) in [6.07, 6.45) is 0.786. The van der Waals surface area contributed by atoms with E-state index in [0.29, 0.717) is 6.54 Å². The van der Waals surface area contributed by atoms with E-state index in [4.69, 9.17) is 5.73 Å². The highest BCUT2D eigenvalue weighted by Crippen LogP contribution is 2.29. The molecule has 0 aromatic heterocycles. The van der Waals surface area contributed by atoms with Crippen molar-refractivity contribution in [1.29, 1.82) is 0 Å². The van der Waals surface area contributed by atoms with Crippen molar-refractivity contribution in [2.45, 2.75) is 19.4 Å². The van der Waals surface area contributed by atoms with Crippen LogP contribution in [-0.4, -0.2) is 26.8 Å². The average molecular weight is 240 g/mol. The summed E-state index contributed by atoms with van der Waals surface area (Å²) in [6.45, 7) is 2.24. The Bertz CT molecular complexity index is 483. The van der Waals surface area contributed by atoms with Crippen LogP contribution in [0.1, 0.15) is 12.5 Å². The van der Waals surface area contributed by atoms with Gasteiger partial charge in [-0.1, -0.05) is 18.2 Å². The molecule has 1 atom stereocenters. The molecule has 16 heavy (non-hydrogen) atoms. The van der Waals surface area contributed by atoms with Gasteiger partial charge in [0.15, 0.2) is 0 Å². The molecule has 0 fully saturated rings. The third-order valence-corrected chi connectivity index (χ3v) is 4.65. The highest BCUT2D eigenvalue weighted by molar-refractivity contribution is 7.92. The number of nitrogens with two attached hydrogens (primary N) is 1. The molecule has 5 heteroatoms. The first kappa shape index (κ1) is 11.4. The second-order valence-electron chi connectivity index (χ2n) is 4.21. The predicted molar refractivity (Wildman–Crippen MR) is 64.9 cm³/mol. The molecule has 0 bridgehead atoms. The smallest absolute Gasteiger partial charge is 0.236 e. The molecule has 1 aromatic carbocycles. The summed E-state index contributed by atoms with van der Waals surface area (Å²) < 4.78 is 25.6. The van der Waals surface area contributed by atoms with Crippen molar-refractivity contribution < 1.29 is 8.42 Å². The maximum absolute atomic E-state index is 12.1. The second-order valence-corrected chi connectivity index (χ2v) is 6.14. The number of hydrogen-bond donors (Lipinski definition) is 1. The minimum Gasteiger partial charge on any atom is -0.327 e. The van der Waals surface area contributed by atoms with E-state index in [0.717, 1.165) is 17.7 Å². The molecule has 88 valence electrons. The van der Waals surface area contributed by atoms with E-state index in [1.165, 1.54) is 4.31 Å². The third kappa shape index (κ3) is 2.05. The van der Waals surface area contributed by atoms with Gasteiger partial charge >= 0.3 is 0 Å². The maximum Gasteiger partial charge on any atom is 0.236 e. The van der Waals surface area contributed by atoms with Crippen LogP contribution in [0.15, 0.2) is 24.3 Å². The van der Waals surface area contributed by atoms with Crippen molar-refractivity contribution in [2.24, 2.45) is 5.73 Å². The molecule has 2 N–H and O–H groups in total. The summed E-state index contributed by atoms with van der Waals surface area (Å²) in [5.41, 5.74) is 7.46. The second kappa shape index (κ2) is 4.07. The van der Waals surface area contributed by atoms with Crippen molar-refractivity contribution in [3.8, 4) is 0 Å². The molecule has 4 nitrogen and oxygen atoms in total. The predicted octanol–water partition coefficient (Wildman–Crippen LogP) is 0.726. The van der Waals surface area contributed by atoms with E-state index in [2.05, 4.69) is 0 Å². The van der Waals surface area contributed by atoms with E-state index in [-0.39, 0.29) is 11.8 Å². The summed E-state index contributed by atoms with van der Waals surface area (Å²) in [7, 11) is -3.26. The van der Waals surface area contributed by atoms with Gasteiger partial charge in [0, 0.05) is 12.6 Å². The highest BCUT2D eigenvalue weighted by Gasteiger charge is 2.29. The van der Waals surface area contributed by atoms with Crippen molar-refractivity contribution in [3.05, 3.63) is 29.8 Å². The first-order chi connectivity index (χ1) is 7.50. The number of anilines is 1. The molecule has 1 heterocycles. The van der Waals surface area contributed by atoms with Gasteiger partial charge in [-0.2, -0.15) is 0 Å². The Labute approximate surface area is 96.1 Å². The van der Waals surface area contributed by atoms with Gasteiger partial charge in [0.25, 0.3) is 0 Å². The Morgan fingerprint density at radius 3 is 2.81 bits per heavy atom. The van der Waals surface area contributed by atoms with Crippen LogP contribution in [-0.2, 0) is 16.4 Å². The van der Waals surface area contributed by atoms with Gasteiger partial charge in [-0.25, -0.2) is 8.42 Å². The number of fused-ring (bicyclic) bond motifs is 1. The van der Waals surface area contributed by atoms with Crippen LogP contribution in [0.5, 0.6) is 0 Å².